The van der Waals surface area contributed by atoms with Gasteiger partial charge in [-0.2, -0.15) is 0 Å². The molecule has 0 aliphatic rings. The number of fused-ring (bicyclic) bond motifs is 1. The summed E-state index contributed by atoms with van der Waals surface area (Å²) < 4.78 is 4.78. The summed E-state index contributed by atoms with van der Waals surface area (Å²) in [5, 5.41) is 11.4. The number of H-pyrrole nitrogens is 1. The van der Waals surface area contributed by atoms with Gasteiger partial charge in [-0.3, -0.25) is 0 Å². The molecule has 0 amide bonds. The minimum Gasteiger partial charge on any atom is -0.494 e. The van der Waals surface area contributed by atoms with Gasteiger partial charge in [0, 0.05) is 22.2 Å². The van der Waals surface area contributed by atoms with Crippen LogP contribution in [0.2, 0.25) is 0 Å². The van der Waals surface area contributed by atoms with Gasteiger partial charge in [-0.15, -0.1) is 0 Å². The van der Waals surface area contributed by atoms with Crippen LogP contribution in [0.3, 0.4) is 0 Å². The number of carbonyl (C=O) groups excluding carboxylic acids is 1. The van der Waals surface area contributed by atoms with Crippen LogP contribution in [0.25, 0.3) is 10.9 Å². The van der Waals surface area contributed by atoms with Crippen molar-refractivity contribution in [3.8, 4) is 5.88 Å². The number of hydrogen-bond donors (Lipinski definition) is 3. The van der Waals surface area contributed by atoms with Crippen LogP contribution in [0.15, 0.2) is 77.8 Å². The number of aromatic amines is 1. The van der Waals surface area contributed by atoms with Crippen LogP contribution in [0.1, 0.15) is 21.5 Å². The molecule has 0 atom stereocenters. The minimum absolute atomic E-state index is 0.0277. The van der Waals surface area contributed by atoms with Gasteiger partial charge in [0.15, 0.2) is 5.88 Å². The first-order valence-corrected chi connectivity index (χ1v) is 9.00. The molecule has 29 heavy (non-hydrogen) atoms. The predicted octanol–water partition coefficient (Wildman–Crippen LogP) is 4.41. The number of aliphatic imine (C=N–C) groups is 1. The van der Waals surface area contributed by atoms with Gasteiger partial charge in [-0.05, 0) is 36.4 Å². The molecule has 0 aliphatic heterocycles. The molecule has 3 aromatic carbocycles. The number of nitrogens with two attached hydrogens (primary N) is 1. The topological polar surface area (TPSA) is 101 Å². The third-order valence-corrected chi connectivity index (χ3v) is 4.62. The van der Waals surface area contributed by atoms with Crippen molar-refractivity contribution >= 4 is 34.0 Å². The Labute approximate surface area is 167 Å². The number of anilines is 1. The Balaban J connectivity index is 1.93. The Hall–Kier alpha value is -4.06. The molecule has 6 heteroatoms. The summed E-state index contributed by atoms with van der Waals surface area (Å²) in [6.45, 7) is 0. The van der Waals surface area contributed by atoms with Crippen LogP contribution >= 0.6 is 0 Å². The van der Waals surface area contributed by atoms with E-state index in [-0.39, 0.29) is 5.88 Å². The molecule has 4 aromatic rings. The van der Waals surface area contributed by atoms with Crippen molar-refractivity contribution in [2.24, 2.45) is 4.99 Å². The summed E-state index contributed by atoms with van der Waals surface area (Å²) in [6, 6.07) is 21.9. The number of nitrogens with one attached hydrogen (secondary N) is 1. The highest BCUT2D eigenvalue weighted by Gasteiger charge is 2.19. The van der Waals surface area contributed by atoms with Crippen LogP contribution in [0, 0.1) is 0 Å². The highest BCUT2D eigenvalue weighted by Crippen LogP contribution is 2.32. The Morgan fingerprint density at radius 3 is 2.41 bits per heavy atom. The lowest BCUT2D eigenvalue weighted by atomic mass is 10.00. The minimum atomic E-state index is -0.443. The first kappa shape index (κ1) is 18.3. The van der Waals surface area contributed by atoms with Gasteiger partial charge in [0.1, 0.15) is 0 Å². The number of rotatable bonds is 4. The van der Waals surface area contributed by atoms with E-state index in [2.05, 4.69) is 4.98 Å². The maximum absolute atomic E-state index is 11.8. The number of methoxy groups -OCH3 is 1. The van der Waals surface area contributed by atoms with Gasteiger partial charge in [-0.25, -0.2) is 9.79 Å². The second-order valence-electron chi connectivity index (χ2n) is 6.52. The molecule has 1 heterocycles. The maximum Gasteiger partial charge on any atom is 0.337 e. The molecule has 0 bridgehead atoms. The summed E-state index contributed by atoms with van der Waals surface area (Å²) in [6.07, 6.45) is 0. The number of nitrogen functional groups attached to an aromatic ring is 1. The van der Waals surface area contributed by atoms with Crippen LogP contribution in [0.5, 0.6) is 5.88 Å². The Morgan fingerprint density at radius 1 is 1.00 bits per heavy atom. The van der Waals surface area contributed by atoms with Crippen LogP contribution in [-0.2, 0) is 4.74 Å². The Bertz CT molecular complexity index is 1210. The normalized spacial score (nSPS) is 11.6. The number of nitrogens with zero attached hydrogens (tertiary/aromatic N) is 1. The fourth-order valence-electron chi connectivity index (χ4n) is 3.21. The molecule has 4 rings (SSSR count). The van der Waals surface area contributed by atoms with E-state index in [1.54, 1.807) is 30.3 Å². The summed E-state index contributed by atoms with van der Waals surface area (Å²) in [4.78, 5) is 19.6. The second kappa shape index (κ2) is 7.52. The van der Waals surface area contributed by atoms with E-state index >= 15 is 0 Å². The summed E-state index contributed by atoms with van der Waals surface area (Å²) in [5.74, 6) is -0.471. The SMILES string of the molecule is COC(=O)c1ccc2c(C(=Nc3ccc(N)cc3)c3ccccc3)c(O)[nH]c2c1. The quantitative estimate of drug-likeness (QED) is 0.275. The lowest BCUT2D eigenvalue weighted by Crippen LogP contribution is -2.03. The fraction of sp³-hybridized carbons (Fsp3) is 0.0435. The lowest BCUT2D eigenvalue weighted by molar-refractivity contribution is 0.0601. The number of carbonyl (C=O) groups is 1. The van der Waals surface area contributed by atoms with E-state index in [0.717, 1.165) is 10.9 Å². The van der Waals surface area contributed by atoms with E-state index < -0.39 is 5.97 Å². The fourth-order valence-corrected chi connectivity index (χ4v) is 3.21. The zero-order chi connectivity index (χ0) is 20.4. The summed E-state index contributed by atoms with van der Waals surface area (Å²) in [7, 11) is 1.33. The lowest BCUT2D eigenvalue weighted by Gasteiger charge is -2.08. The van der Waals surface area contributed by atoms with Crippen molar-refractivity contribution in [3.63, 3.8) is 0 Å². The largest absolute Gasteiger partial charge is 0.494 e. The van der Waals surface area contributed by atoms with Gasteiger partial charge < -0.3 is 20.6 Å². The smallest absolute Gasteiger partial charge is 0.337 e. The summed E-state index contributed by atoms with van der Waals surface area (Å²) >= 11 is 0. The molecule has 144 valence electrons. The molecule has 0 saturated carbocycles. The maximum atomic E-state index is 11.8. The first-order valence-electron chi connectivity index (χ1n) is 9.00. The van der Waals surface area contributed by atoms with E-state index in [0.29, 0.717) is 33.7 Å². The van der Waals surface area contributed by atoms with Gasteiger partial charge >= 0.3 is 5.97 Å². The van der Waals surface area contributed by atoms with Gasteiger partial charge in [0.25, 0.3) is 0 Å². The molecule has 1 aromatic heterocycles. The molecular weight excluding hydrogens is 366 g/mol. The van der Waals surface area contributed by atoms with Crippen molar-refractivity contribution in [1.82, 2.24) is 4.98 Å². The highest BCUT2D eigenvalue weighted by atomic mass is 16.5. The average molecular weight is 385 g/mol. The molecular formula is C23H19N3O3. The number of benzene rings is 3. The zero-order valence-electron chi connectivity index (χ0n) is 15.7. The van der Waals surface area contributed by atoms with Gasteiger partial charge in [-0.1, -0.05) is 36.4 Å². The average Bonchev–Trinajstić information content (AvgIpc) is 3.08. The van der Waals surface area contributed by atoms with E-state index in [1.807, 2.05) is 42.5 Å². The number of hydrogen-bond acceptors (Lipinski definition) is 5. The highest BCUT2D eigenvalue weighted by molar-refractivity contribution is 6.22. The molecule has 0 saturated heterocycles. The van der Waals surface area contributed by atoms with Crippen molar-refractivity contribution in [1.29, 1.82) is 0 Å². The standard InChI is InChI=1S/C23H19N3O3/c1-29-23(28)15-7-12-18-19(13-15)26-22(27)20(18)21(14-5-3-2-4-6-14)25-17-10-8-16(24)9-11-17/h2-13,26-27H,24H2,1H3. The monoisotopic (exact) mass is 385 g/mol. The molecule has 0 unspecified atom stereocenters. The Kier molecular flexibility index (Phi) is 4.75. The summed E-state index contributed by atoms with van der Waals surface area (Å²) in [5.41, 5.74) is 10.1. The van der Waals surface area contributed by atoms with Crippen molar-refractivity contribution in [2.45, 2.75) is 0 Å². The van der Waals surface area contributed by atoms with Crippen molar-refractivity contribution in [3.05, 3.63) is 89.5 Å². The van der Waals surface area contributed by atoms with E-state index in [4.69, 9.17) is 15.5 Å². The number of ether oxygens (including phenoxy) is 1. The molecule has 4 N–H and O–H groups in total. The van der Waals surface area contributed by atoms with E-state index in [1.165, 1.54) is 7.11 Å². The van der Waals surface area contributed by atoms with E-state index in [9.17, 15) is 9.90 Å². The molecule has 0 aliphatic carbocycles. The Morgan fingerprint density at radius 2 is 1.72 bits per heavy atom. The molecule has 0 radical (unpaired) electrons. The predicted molar refractivity (Wildman–Crippen MR) is 114 cm³/mol. The van der Waals surface area contributed by atoms with Crippen LogP contribution in [0.4, 0.5) is 11.4 Å². The van der Waals surface area contributed by atoms with Crippen LogP contribution in [-0.4, -0.2) is 28.9 Å². The zero-order valence-corrected chi connectivity index (χ0v) is 15.7. The van der Waals surface area contributed by atoms with Crippen LogP contribution < -0.4 is 5.73 Å². The third kappa shape index (κ3) is 3.55. The van der Waals surface area contributed by atoms with Crippen molar-refractivity contribution < 1.29 is 14.6 Å². The molecule has 6 nitrogen and oxygen atoms in total. The third-order valence-electron chi connectivity index (χ3n) is 4.62. The first-order chi connectivity index (χ1) is 14.1. The number of aromatic nitrogens is 1. The number of aromatic hydroxyl groups is 1. The molecule has 0 spiro atoms. The molecule has 0 fully saturated rings. The van der Waals surface area contributed by atoms with Gasteiger partial charge in [0.05, 0.1) is 29.6 Å². The second-order valence-corrected chi connectivity index (χ2v) is 6.52. The van der Waals surface area contributed by atoms with Gasteiger partial charge in [0.2, 0.25) is 0 Å². The number of esters is 1. The van der Waals surface area contributed by atoms with Crippen molar-refractivity contribution in [2.75, 3.05) is 12.8 Å².